The molecule has 0 aliphatic heterocycles. The fourth-order valence-electron chi connectivity index (χ4n) is 2.35. The molecule has 0 fully saturated rings. The highest BCUT2D eigenvalue weighted by Gasteiger charge is 2.22. The molecule has 2 N–H and O–H groups in total. The van der Waals surface area contributed by atoms with Crippen LogP contribution in [0.2, 0.25) is 0 Å². The summed E-state index contributed by atoms with van der Waals surface area (Å²) in [7, 11) is 1.47. The normalized spacial score (nSPS) is 11.6. The number of azo groups is 1. The first kappa shape index (κ1) is 19.8. The van der Waals surface area contributed by atoms with Gasteiger partial charge in [-0.15, -0.1) is 10.2 Å². The zero-order valence-corrected chi connectivity index (χ0v) is 15.3. The fraction of sp³-hybridized carbons (Fsp3) is 0.278. The molecular weight excluding hydrogens is 354 g/mol. The minimum absolute atomic E-state index is 0.0795. The van der Waals surface area contributed by atoms with Crippen molar-refractivity contribution >= 4 is 23.0 Å². The number of carbonyl (C=O) groups is 1. The second kappa shape index (κ2) is 7.40. The summed E-state index contributed by atoms with van der Waals surface area (Å²) in [6, 6.07) is 6.41. The Labute approximate surface area is 155 Å². The first-order valence-corrected chi connectivity index (χ1v) is 7.89. The number of phenolic OH excluding ortho intramolecular Hbond substituents is 1. The zero-order valence-electron chi connectivity index (χ0n) is 15.3. The van der Waals surface area contributed by atoms with Gasteiger partial charge in [0.2, 0.25) is 0 Å². The number of nitrogens with zero attached hydrogens (tertiary/aromatic N) is 3. The van der Waals surface area contributed by atoms with Crippen LogP contribution in [-0.4, -0.2) is 28.2 Å². The second-order valence-corrected chi connectivity index (χ2v) is 6.76. The summed E-state index contributed by atoms with van der Waals surface area (Å²) < 4.78 is 5.22. The van der Waals surface area contributed by atoms with Crippen molar-refractivity contribution in [2.24, 2.45) is 10.2 Å². The van der Waals surface area contributed by atoms with E-state index in [1.54, 1.807) is 6.07 Å². The summed E-state index contributed by atoms with van der Waals surface area (Å²) in [5.41, 5.74) is -0.623. The Hall–Kier alpha value is -3.49. The number of ether oxygens (including phenoxy) is 1. The molecule has 0 aliphatic rings. The van der Waals surface area contributed by atoms with E-state index in [1.807, 2.05) is 20.8 Å². The van der Waals surface area contributed by atoms with Gasteiger partial charge in [0.25, 0.3) is 5.69 Å². The third kappa shape index (κ3) is 4.38. The molecule has 0 saturated carbocycles. The Morgan fingerprint density at radius 1 is 1.15 bits per heavy atom. The predicted octanol–water partition coefficient (Wildman–Crippen LogP) is 4.72. The van der Waals surface area contributed by atoms with E-state index in [0.29, 0.717) is 11.3 Å². The SMILES string of the molecule is COc1cc(N=Nc2ccc(C(=O)O)cc2[N+](=O)[O-])c(O)c(C(C)(C)C)c1. The highest BCUT2D eigenvalue weighted by molar-refractivity contribution is 5.89. The van der Waals surface area contributed by atoms with Crippen molar-refractivity contribution in [2.75, 3.05) is 7.11 Å². The summed E-state index contributed by atoms with van der Waals surface area (Å²) in [5.74, 6) is -0.957. The van der Waals surface area contributed by atoms with E-state index in [9.17, 15) is 20.0 Å². The Morgan fingerprint density at radius 3 is 2.30 bits per heavy atom. The maximum Gasteiger partial charge on any atom is 0.335 e. The molecule has 0 heterocycles. The van der Waals surface area contributed by atoms with Gasteiger partial charge in [-0.05, 0) is 23.6 Å². The molecule has 0 atom stereocenters. The molecule has 2 aromatic carbocycles. The van der Waals surface area contributed by atoms with Crippen LogP contribution in [0.25, 0.3) is 0 Å². The van der Waals surface area contributed by atoms with Gasteiger partial charge in [-0.2, -0.15) is 0 Å². The molecule has 0 amide bonds. The number of hydrogen-bond acceptors (Lipinski definition) is 7. The second-order valence-electron chi connectivity index (χ2n) is 6.76. The quantitative estimate of drug-likeness (QED) is 0.442. The van der Waals surface area contributed by atoms with Gasteiger partial charge >= 0.3 is 5.97 Å². The molecule has 2 rings (SSSR count). The van der Waals surface area contributed by atoms with Crippen LogP contribution in [0, 0.1) is 10.1 Å². The van der Waals surface area contributed by atoms with E-state index in [-0.39, 0.29) is 22.7 Å². The maximum atomic E-state index is 11.2. The zero-order chi connectivity index (χ0) is 20.4. The Balaban J connectivity index is 2.55. The highest BCUT2D eigenvalue weighted by atomic mass is 16.6. The highest BCUT2D eigenvalue weighted by Crippen LogP contribution is 2.42. The van der Waals surface area contributed by atoms with Crippen LogP contribution in [0.5, 0.6) is 11.5 Å². The number of methoxy groups -OCH3 is 1. The van der Waals surface area contributed by atoms with E-state index < -0.39 is 22.0 Å². The van der Waals surface area contributed by atoms with Crippen LogP contribution in [0.15, 0.2) is 40.6 Å². The van der Waals surface area contributed by atoms with E-state index in [2.05, 4.69) is 10.2 Å². The van der Waals surface area contributed by atoms with Gasteiger partial charge in [0.15, 0.2) is 5.69 Å². The van der Waals surface area contributed by atoms with Gasteiger partial charge in [0, 0.05) is 17.7 Å². The van der Waals surface area contributed by atoms with Crippen LogP contribution >= 0.6 is 0 Å². The largest absolute Gasteiger partial charge is 0.505 e. The van der Waals surface area contributed by atoms with Crippen molar-refractivity contribution in [3.8, 4) is 11.5 Å². The third-order valence-corrected chi connectivity index (χ3v) is 3.79. The topological polar surface area (TPSA) is 135 Å². The predicted molar refractivity (Wildman–Crippen MR) is 97.6 cm³/mol. The molecule has 142 valence electrons. The van der Waals surface area contributed by atoms with Crippen molar-refractivity contribution < 1.29 is 24.7 Å². The number of rotatable bonds is 5. The lowest BCUT2D eigenvalue weighted by molar-refractivity contribution is -0.384. The summed E-state index contributed by atoms with van der Waals surface area (Å²) in [5, 5.41) is 38.4. The molecule has 0 bridgehead atoms. The van der Waals surface area contributed by atoms with E-state index >= 15 is 0 Å². The van der Waals surface area contributed by atoms with Gasteiger partial charge in [0.05, 0.1) is 17.6 Å². The van der Waals surface area contributed by atoms with E-state index in [1.165, 1.54) is 25.3 Å². The fourth-order valence-corrected chi connectivity index (χ4v) is 2.35. The number of aromatic hydroxyl groups is 1. The standard InChI is InChI=1S/C18H19N3O6/c1-18(2,3)12-8-11(27-4)9-14(16(12)22)20-19-13-6-5-10(17(23)24)7-15(13)21(25)26/h5-9,22H,1-4H3,(H,23,24). The van der Waals surface area contributed by atoms with Gasteiger partial charge in [-0.3, -0.25) is 10.1 Å². The molecule has 0 spiro atoms. The molecule has 0 aliphatic carbocycles. The van der Waals surface area contributed by atoms with Crippen LogP contribution in [0.4, 0.5) is 17.1 Å². The molecule has 9 nitrogen and oxygen atoms in total. The number of phenols is 1. The molecule has 0 saturated heterocycles. The van der Waals surface area contributed by atoms with Crippen LogP contribution in [0.3, 0.4) is 0 Å². The minimum atomic E-state index is -1.29. The first-order chi connectivity index (χ1) is 12.5. The number of carboxylic acids is 1. The number of nitro groups is 1. The third-order valence-electron chi connectivity index (χ3n) is 3.79. The van der Waals surface area contributed by atoms with E-state index in [4.69, 9.17) is 9.84 Å². The number of benzene rings is 2. The lowest BCUT2D eigenvalue weighted by Gasteiger charge is -2.21. The lowest BCUT2D eigenvalue weighted by Crippen LogP contribution is -2.11. The van der Waals surface area contributed by atoms with Gasteiger partial charge < -0.3 is 14.9 Å². The van der Waals surface area contributed by atoms with Crippen molar-refractivity contribution in [3.63, 3.8) is 0 Å². The summed E-state index contributed by atoms with van der Waals surface area (Å²) in [6.07, 6.45) is 0. The van der Waals surface area contributed by atoms with Crippen LogP contribution in [-0.2, 0) is 5.41 Å². The van der Waals surface area contributed by atoms with Gasteiger partial charge in [0.1, 0.15) is 17.2 Å². The monoisotopic (exact) mass is 373 g/mol. The molecule has 27 heavy (non-hydrogen) atoms. The average Bonchev–Trinajstić information content (AvgIpc) is 2.59. The van der Waals surface area contributed by atoms with Crippen molar-refractivity contribution in [3.05, 3.63) is 51.6 Å². The van der Waals surface area contributed by atoms with Gasteiger partial charge in [-0.1, -0.05) is 20.8 Å². The lowest BCUT2D eigenvalue weighted by atomic mass is 9.86. The molecule has 0 radical (unpaired) electrons. The molecule has 0 unspecified atom stereocenters. The van der Waals surface area contributed by atoms with E-state index in [0.717, 1.165) is 6.07 Å². The summed E-state index contributed by atoms with van der Waals surface area (Å²) in [6.45, 7) is 5.70. The number of carboxylic acid groups (broad SMARTS) is 1. The summed E-state index contributed by atoms with van der Waals surface area (Å²) >= 11 is 0. The molecular formula is C18H19N3O6. The summed E-state index contributed by atoms with van der Waals surface area (Å²) in [4.78, 5) is 21.4. The number of hydrogen-bond donors (Lipinski definition) is 2. The Morgan fingerprint density at radius 2 is 1.78 bits per heavy atom. The van der Waals surface area contributed by atoms with Crippen LogP contribution < -0.4 is 4.74 Å². The minimum Gasteiger partial charge on any atom is -0.505 e. The first-order valence-electron chi connectivity index (χ1n) is 7.89. The Kier molecular flexibility index (Phi) is 5.44. The van der Waals surface area contributed by atoms with Gasteiger partial charge in [-0.25, -0.2) is 4.79 Å². The van der Waals surface area contributed by atoms with Crippen molar-refractivity contribution in [2.45, 2.75) is 26.2 Å². The molecule has 2 aromatic rings. The molecule has 0 aromatic heterocycles. The number of aromatic carboxylic acids is 1. The van der Waals surface area contributed by atoms with Crippen molar-refractivity contribution in [1.82, 2.24) is 0 Å². The number of nitro benzene ring substituents is 1. The van der Waals surface area contributed by atoms with Crippen LogP contribution in [0.1, 0.15) is 36.7 Å². The molecule has 9 heteroatoms. The average molecular weight is 373 g/mol. The smallest absolute Gasteiger partial charge is 0.335 e. The maximum absolute atomic E-state index is 11.2. The van der Waals surface area contributed by atoms with Crippen molar-refractivity contribution in [1.29, 1.82) is 0 Å². The Bertz CT molecular complexity index is 931.